The maximum atomic E-state index is 11.4. The third kappa shape index (κ3) is 3.49. The normalized spacial score (nSPS) is 27.7. The predicted octanol–water partition coefficient (Wildman–Crippen LogP) is 1.95. The second-order valence-electron chi connectivity index (χ2n) is 4.68. The van der Waals surface area contributed by atoms with Crippen LogP contribution in [0.1, 0.15) is 39.0 Å². The van der Waals surface area contributed by atoms with Crippen LogP contribution in [0.25, 0.3) is 0 Å². The van der Waals surface area contributed by atoms with Gasteiger partial charge >= 0.3 is 5.97 Å². The van der Waals surface area contributed by atoms with Crippen molar-refractivity contribution in [2.45, 2.75) is 39.0 Å². The number of ether oxygens (including phenoxy) is 1. The molecule has 3 atom stereocenters. The minimum absolute atomic E-state index is 0.0560. The van der Waals surface area contributed by atoms with E-state index in [1.54, 1.807) is 0 Å². The first kappa shape index (κ1) is 12.5. The molecule has 3 unspecified atom stereocenters. The van der Waals surface area contributed by atoms with Gasteiger partial charge in [-0.1, -0.05) is 13.3 Å². The van der Waals surface area contributed by atoms with E-state index in [9.17, 15) is 4.79 Å². The van der Waals surface area contributed by atoms with Crippen LogP contribution in [0.5, 0.6) is 0 Å². The van der Waals surface area contributed by atoms with E-state index < -0.39 is 0 Å². The van der Waals surface area contributed by atoms with Gasteiger partial charge in [0, 0.05) is 0 Å². The van der Waals surface area contributed by atoms with Crippen molar-refractivity contribution in [2.24, 2.45) is 23.5 Å². The van der Waals surface area contributed by atoms with E-state index in [0.29, 0.717) is 5.92 Å². The van der Waals surface area contributed by atoms with E-state index in [1.807, 2.05) is 6.92 Å². The van der Waals surface area contributed by atoms with Gasteiger partial charge in [0.25, 0.3) is 0 Å². The Kier molecular flexibility index (Phi) is 5.09. The molecule has 2 N–H and O–H groups in total. The second-order valence-corrected chi connectivity index (χ2v) is 4.68. The summed E-state index contributed by atoms with van der Waals surface area (Å²) in [4.78, 5) is 11.4. The van der Waals surface area contributed by atoms with E-state index in [0.717, 1.165) is 18.9 Å². The number of hydrogen-bond donors (Lipinski definition) is 1. The molecule has 0 radical (unpaired) electrons. The second kappa shape index (κ2) is 6.11. The fourth-order valence-corrected chi connectivity index (χ4v) is 2.61. The highest BCUT2D eigenvalue weighted by atomic mass is 16.5. The summed E-state index contributed by atoms with van der Waals surface area (Å²) in [5.74, 6) is 1.32. The van der Waals surface area contributed by atoms with Crippen molar-refractivity contribution < 1.29 is 9.53 Å². The van der Waals surface area contributed by atoms with Crippen molar-refractivity contribution in [1.82, 2.24) is 0 Å². The predicted molar refractivity (Wildman–Crippen MR) is 60.3 cm³/mol. The summed E-state index contributed by atoms with van der Waals surface area (Å²) in [6.07, 6.45) is 5.94. The van der Waals surface area contributed by atoms with Gasteiger partial charge in [0.1, 0.15) is 0 Å². The molecule has 0 aromatic carbocycles. The maximum absolute atomic E-state index is 11.4. The van der Waals surface area contributed by atoms with Crippen LogP contribution in [-0.2, 0) is 9.53 Å². The lowest BCUT2D eigenvalue weighted by atomic mass is 9.91. The summed E-state index contributed by atoms with van der Waals surface area (Å²) in [6, 6.07) is 0. The Morgan fingerprint density at radius 2 is 2.27 bits per heavy atom. The third-order valence-corrected chi connectivity index (χ3v) is 3.68. The van der Waals surface area contributed by atoms with Gasteiger partial charge in [-0.25, -0.2) is 0 Å². The fourth-order valence-electron chi connectivity index (χ4n) is 2.61. The highest BCUT2D eigenvalue weighted by Gasteiger charge is 2.32. The van der Waals surface area contributed by atoms with Gasteiger partial charge in [-0.3, -0.25) is 4.79 Å². The van der Waals surface area contributed by atoms with E-state index in [2.05, 4.69) is 0 Å². The molecular formula is C12H23NO2. The molecule has 0 aromatic heterocycles. The lowest BCUT2D eigenvalue weighted by molar-refractivity contribution is -0.146. The van der Waals surface area contributed by atoms with Gasteiger partial charge in [-0.05, 0) is 44.1 Å². The molecule has 1 saturated carbocycles. The lowest BCUT2D eigenvalue weighted by Crippen LogP contribution is -2.20. The third-order valence-electron chi connectivity index (χ3n) is 3.68. The highest BCUT2D eigenvalue weighted by molar-refractivity contribution is 5.72. The molecule has 3 nitrogen and oxygen atoms in total. The van der Waals surface area contributed by atoms with E-state index in [1.165, 1.54) is 32.8 Å². The smallest absolute Gasteiger partial charge is 0.308 e. The Bertz CT molecular complexity index is 206. The molecule has 0 amide bonds. The van der Waals surface area contributed by atoms with E-state index in [4.69, 9.17) is 10.5 Å². The summed E-state index contributed by atoms with van der Waals surface area (Å²) in [6.45, 7) is 2.77. The minimum atomic E-state index is -0.0560. The highest BCUT2D eigenvalue weighted by Crippen LogP contribution is 2.38. The number of carbonyl (C=O) groups is 1. The van der Waals surface area contributed by atoms with Crippen LogP contribution in [-0.4, -0.2) is 19.6 Å². The molecule has 15 heavy (non-hydrogen) atoms. The van der Waals surface area contributed by atoms with Crippen LogP contribution in [0.2, 0.25) is 0 Å². The molecule has 0 aromatic rings. The first-order chi connectivity index (χ1) is 7.19. The number of esters is 1. The summed E-state index contributed by atoms with van der Waals surface area (Å²) in [7, 11) is 1.47. The van der Waals surface area contributed by atoms with Gasteiger partial charge in [0.15, 0.2) is 0 Å². The SMILES string of the molecule is COC(=O)C(C)C1CCC(CCCN)C1. The van der Waals surface area contributed by atoms with Crippen LogP contribution in [0, 0.1) is 17.8 Å². The Morgan fingerprint density at radius 1 is 1.53 bits per heavy atom. The number of nitrogens with two attached hydrogens (primary N) is 1. The Labute approximate surface area is 92.4 Å². The number of hydrogen-bond acceptors (Lipinski definition) is 3. The Hall–Kier alpha value is -0.570. The zero-order valence-electron chi connectivity index (χ0n) is 9.87. The van der Waals surface area contributed by atoms with Crippen LogP contribution in [0.15, 0.2) is 0 Å². The van der Waals surface area contributed by atoms with Crippen LogP contribution in [0.3, 0.4) is 0 Å². The van der Waals surface area contributed by atoms with Gasteiger partial charge in [0.2, 0.25) is 0 Å². The number of carbonyl (C=O) groups excluding carboxylic acids is 1. The van der Waals surface area contributed by atoms with Crippen molar-refractivity contribution in [2.75, 3.05) is 13.7 Å². The van der Waals surface area contributed by atoms with Crippen molar-refractivity contribution in [1.29, 1.82) is 0 Å². The van der Waals surface area contributed by atoms with Crippen LogP contribution >= 0.6 is 0 Å². The summed E-state index contributed by atoms with van der Waals surface area (Å²) in [5.41, 5.74) is 5.50. The van der Waals surface area contributed by atoms with E-state index in [-0.39, 0.29) is 11.9 Å². The molecule has 0 bridgehead atoms. The average molecular weight is 213 g/mol. The Balaban J connectivity index is 2.32. The summed E-state index contributed by atoms with van der Waals surface area (Å²) < 4.78 is 4.78. The van der Waals surface area contributed by atoms with Crippen LogP contribution in [0.4, 0.5) is 0 Å². The maximum Gasteiger partial charge on any atom is 0.308 e. The average Bonchev–Trinajstić information content (AvgIpc) is 2.72. The zero-order valence-corrected chi connectivity index (χ0v) is 9.87. The van der Waals surface area contributed by atoms with Crippen LogP contribution < -0.4 is 5.73 Å². The molecule has 1 aliphatic rings. The summed E-state index contributed by atoms with van der Waals surface area (Å²) >= 11 is 0. The molecule has 0 aliphatic heterocycles. The van der Waals surface area contributed by atoms with Crippen molar-refractivity contribution in [3.63, 3.8) is 0 Å². The minimum Gasteiger partial charge on any atom is -0.469 e. The van der Waals surface area contributed by atoms with E-state index >= 15 is 0 Å². The monoisotopic (exact) mass is 213 g/mol. The standard InChI is InChI=1S/C12H23NO2/c1-9(12(14)15-2)11-6-5-10(8-11)4-3-7-13/h9-11H,3-8,13H2,1-2H3. The molecule has 1 fully saturated rings. The fraction of sp³-hybridized carbons (Fsp3) is 0.917. The molecule has 0 spiro atoms. The largest absolute Gasteiger partial charge is 0.469 e. The van der Waals surface area contributed by atoms with Crippen molar-refractivity contribution in [3.8, 4) is 0 Å². The molecule has 1 aliphatic carbocycles. The van der Waals surface area contributed by atoms with Gasteiger partial charge in [-0.2, -0.15) is 0 Å². The topological polar surface area (TPSA) is 52.3 Å². The number of methoxy groups -OCH3 is 1. The molecule has 88 valence electrons. The van der Waals surface area contributed by atoms with Gasteiger partial charge in [0.05, 0.1) is 13.0 Å². The quantitative estimate of drug-likeness (QED) is 0.710. The van der Waals surface area contributed by atoms with Crippen molar-refractivity contribution >= 4 is 5.97 Å². The molecule has 3 heteroatoms. The Morgan fingerprint density at radius 3 is 2.87 bits per heavy atom. The van der Waals surface area contributed by atoms with Gasteiger partial charge < -0.3 is 10.5 Å². The van der Waals surface area contributed by atoms with Crippen molar-refractivity contribution in [3.05, 3.63) is 0 Å². The first-order valence-electron chi connectivity index (χ1n) is 5.97. The first-order valence-corrected chi connectivity index (χ1v) is 5.97. The molecular weight excluding hydrogens is 190 g/mol. The molecule has 0 heterocycles. The molecule has 0 saturated heterocycles. The summed E-state index contributed by atoms with van der Waals surface area (Å²) in [5, 5.41) is 0. The zero-order chi connectivity index (χ0) is 11.3. The van der Waals surface area contributed by atoms with Gasteiger partial charge in [-0.15, -0.1) is 0 Å². The number of rotatable bonds is 5. The lowest BCUT2D eigenvalue weighted by Gasteiger charge is -2.16. The molecule has 1 rings (SSSR count).